The zero-order valence-corrected chi connectivity index (χ0v) is 10.1. The van der Waals surface area contributed by atoms with Gasteiger partial charge in [0, 0.05) is 6.04 Å². The van der Waals surface area contributed by atoms with E-state index in [1.165, 1.54) is 0 Å². The van der Waals surface area contributed by atoms with Gasteiger partial charge in [-0.05, 0) is 24.3 Å². The predicted octanol–water partition coefficient (Wildman–Crippen LogP) is 2.10. The van der Waals surface area contributed by atoms with E-state index in [4.69, 9.17) is 10.5 Å². The van der Waals surface area contributed by atoms with E-state index in [9.17, 15) is 4.79 Å². The molecule has 0 heterocycles. The van der Waals surface area contributed by atoms with Gasteiger partial charge in [0.05, 0.1) is 5.92 Å². The van der Waals surface area contributed by atoms with E-state index >= 15 is 0 Å². The first-order chi connectivity index (χ1) is 8.18. The maximum absolute atomic E-state index is 11.9. The molecule has 1 fully saturated rings. The number of carbonyl (C=O) groups excluding carboxylic acids is 1. The topological polar surface area (TPSA) is 52.3 Å². The van der Waals surface area contributed by atoms with Crippen LogP contribution in [0.1, 0.15) is 25.3 Å². The van der Waals surface area contributed by atoms with Gasteiger partial charge in [0.2, 0.25) is 0 Å². The molecular formula is C14H19NO2. The van der Waals surface area contributed by atoms with Crippen LogP contribution in [-0.2, 0) is 16.1 Å². The maximum atomic E-state index is 11.9. The van der Waals surface area contributed by atoms with Crippen LogP contribution >= 0.6 is 0 Å². The van der Waals surface area contributed by atoms with Gasteiger partial charge >= 0.3 is 5.97 Å². The Bertz CT molecular complexity index is 377. The molecule has 3 nitrogen and oxygen atoms in total. The molecule has 2 N–H and O–H groups in total. The lowest BCUT2D eigenvalue weighted by molar-refractivity contribution is -0.150. The molecule has 0 amide bonds. The molecule has 0 bridgehead atoms. The first-order valence-electron chi connectivity index (χ1n) is 6.14. The van der Waals surface area contributed by atoms with Crippen LogP contribution in [0.5, 0.6) is 0 Å². The van der Waals surface area contributed by atoms with E-state index in [1.807, 2.05) is 30.3 Å². The van der Waals surface area contributed by atoms with Crippen LogP contribution in [0.2, 0.25) is 0 Å². The largest absolute Gasteiger partial charge is 0.461 e. The Kier molecular flexibility index (Phi) is 3.79. The van der Waals surface area contributed by atoms with Crippen LogP contribution in [0.4, 0.5) is 0 Å². The van der Waals surface area contributed by atoms with E-state index in [-0.39, 0.29) is 17.9 Å². The van der Waals surface area contributed by atoms with Gasteiger partial charge in [0.1, 0.15) is 6.61 Å². The summed E-state index contributed by atoms with van der Waals surface area (Å²) in [7, 11) is 0. The van der Waals surface area contributed by atoms with Crippen molar-refractivity contribution in [2.45, 2.75) is 32.4 Å². The summed E-state index contributed by atoms with van der Waals surface area (Å²) in [6, 6.07) is 9.67. The molecule has 92 valence electrons. The third-order valence-electron chi connectivity index (χ3n) is 3.58. The summed E-state index contributed by atoms with van der Waals surface area (Å²) >= 11 is 0. The molecule has 0 aliphatic heterocycles. The van der Waals surface area contributed by atoms with Gasteiger partial charge in [-0.2, -0.15) is 0 Å². The highest BCUT2D eigenvalue weighted by Gasteiger charge is 2.36. The third-order valence-corrected chi connectivity index (χ3v) is 3.58. The Morgan fingerprint density at radius 3 is 2.65 bits per heavy atom. The minimum atomic E-state index is -0.147. The highest BCUT2D eigenvalue weighted by atomic mass is 16.5. The molecule has 1 saturated carbocycles. The van der Waals surface area contributed by atoms with Crippen molar-refractivity contribution in [3.63, 3.8) is 0 Å². The second-order valence-corrected chi connectivity index (χ2v) is 4.83. The van der Waals surface area contributed by atoms with Crippen molar-refractivity contribution in [2.75, 3.05) is 0 Å². The summed E-state index contributed by atoms with van der Waals surface area (Å²) in [5.41, 5.74) is 7.01. The fourth-order valence-corrected chi connectivity index (χ4v) is 2.33. The minimum absolute atomic E-state index is 0.0433. The van der Waals surface area contributed by atoms with Crippen molar-refractivity contribution < 1.29 is 9.53 Å². The molecular weight excluding hydrogens is 214 g/mol. The summed E-state index contributed by atoms with van der Waals surface area (Å²) in [5.74, 6) is 0.156. The van der Waals surface area contributed by atoms with Gasteiger partial charge in [-0.3, -0.25) is 4.79 Å². The number of esters is 1. The molecule has 1 aliphatic rings. The standard InChI is InChI=1S/C14H19NO2/c1-10-7-8-12(13(10)15)14(16)17-9-11-5-3-2-4-6-11/h2-6,10,12-13H,7-9,15H2,1H3/t10-,12+,13+/m1/s1. The van der Waals surface area contributed by atoms with E-state index < -0.39 is 0 Å². The van der Waals surface area contributed by atoms with Gasteiger partial charge < -0.3 is 10.5 Å². The number of benzene rings is 1. The smallest absolute Gasteiger partial charge is 0.310 e. The Balaban J connectivity index is 1.86. The van der Waals surface area contributed by atoms with Gasteiger partial charge in [-0.15, -0.1) is 0 Å². The van der Waals surface area contributed by atoms with Gasteiger partial charge in [0.15, 0.2) is 0 Å². The summed E-state index contributed by atoms with van der Waals surface area (Å²) in [5, 5.41) is 0. The van der Waals surface area contributed by atoms with Crippen molar-refractivity contribution >= 4 is 5.97 Å². The van der Waals surface area contributed by atoms with E-state index in [0.717, 1.165) is 18.4 Å². The zero-order valence-electron chi connectivity index (χ0n) is 10.1. The number of hydrogen-bond donors (Lipinski definition) is 1. The molecule has 1 aromatic carbocycles. The van der Waals surface area contributed by atoms with Crippen molar-refractivity contribution in [3.05, 3.63) is 35.9 Å². The van der Waals surface area contributed by atoms with Gasteiger partial charge in [-0.25, -0.2) is 0 Å². The van der Waals surface area contributed by atoms with Crippen molar-refractivity contribution in [1.82, 2.24) is 0 Å². The minimum Gasteiger partial charge on any atom is -0.461 e. The zero-order chi connectivity index (χ0) is 12.3. The molecule has 2 rings (SSSR count). The molecule has 0 aromatic heterocycles. The Hall–Kier alpha value is -1.35. The van der Waals surface area contributed by atoms with Crippen molar-refractivity contribution in [2.24, 2.45) is 17.6 Å². The number of rotatable bonds is 3. The fraction of sp³-hybridized carbons (Fsp3) is 0.500. The summed E-state index contributed by atoms with van der Waals surface area (Å²) in [6.07, 6.45) is 1.88. The van der Waals surface area contributed by atoms with Crippen LogP contribution in [0.25, 0.3) is 0 Å². The summed E-state index contributed by atoms with van der Waals surface area (Å²) < 4.78 is 5.31. The number of hydrogen-bond acceptors (Lipinski definition) is 3. The molecule has 0 unspecified atom stereocenters. The third kappa shape index (κ3) is 2.86. The number of nitrogens with two attached hydrogens (primary N) is 1. The SMILES string of the molecule is C[C@@H]1CC[C@H](C(=O)OCc2ccccc2)[C@H]1N. The van der Waals surface area contributed by atoms with Gasteiger partial charge in [-0.1, -0.05) is 37.3 Å². The quantitative estimate of drug-likeness (QED) is 0.813. The van der Waals surface area contributed by atoms with E-state index in [0.29, 0.717) is 12.5 Å². The average Bonchev–Trinajstić information content (AvgIpc) is 2.69. The highest BCUT2D eigenvalue weighted by molar-refractivity contribution is 5.73. The van der Waals surface area contributed by atoms with Crippen molar-refractivity contribution in [3.8, 4) is 0 Å². The fourth-order valence-electron chi connectivity index (χ4n) is 2.33. The normalized spacial score (nSPS) is 28.0. The Morgan fingerprint density at radius 1 is 1.35 bits per heavy atom. The van der Waals surface area contributed by atoms with Crippen LogP contribution in [0.15, 0.2) is 30.3 Å². The summed E-state index contributed by atoms with van der Waals surface area (Å²) in [4.78, 5) is 11.9. The Labute approximate surface area is 102 Å². The highest BCUT2D eigenvalue weighted by Crippen LogP contribution is 2.30. The lowest BCUT2D eigenvalue weighted by Crippen LogP contribution is -2.35. The average molecular weight is 233 g/mol. The first-order valence-corrected chi connectivity index (χ1v) is 6.14. The molecule has 17 heavy (non-hydrogen) atoms. The second-order valence-electron chi connectivity index (χ2n) is 4.83. The molecule has 3 heteroatoms. The monoisotopic (exact) mass is 233 g/mol. The molecule has 3 atom stereocenters. The van der Waals surface area contributed by atoms with E-state index in [2.05, 4.69) is 6.92 Å². The molecule has 0 spiro atoms. The van der Waals surface area contributed by atoms with Crippen LogP contribution in [0, 0.1) is 11.8 Å². The molecule has 1 aromatic rings. The van der Waals surface area contributed by atoms with Crippen molar-refractivity contribution in [1.29, 1.82) is 0 Å². The second kappa shape index (κ2) is 5.32. The lowest BCUT2D eigenvalue weighted by atomic mass is 10.0. The molecule has 1 aliphatic carbocycles. The van der Waals surface area contributed by atoms with Crippen LogP contribution in [-0.4, -0.2) is 12.0 Å². The lowest BCUT2D eigenvalue weighted by Gasteiger charge is -2.16. The predicted molar refractivity (Wildman–Crippen MR) is 66.1 cm³/mol. The molecule has 0 radical (unpaired) electrons. The maximum Gasteiger partial charge on any atom is 0.310 e. The summed E-state index contributed by atoms with van der Waals surface area (Å²) in [6.45, 7) is 2.44. The Morgan fingerprint density at radius 2 is 2.06 bits per heavy atom. The molecule has 0 saturated heterocycles. The van der Waals surface area contributed by atoms with Crippen LogP contribution < -0.4 is 5.73 Å². The number of ether oxygens (including phenoxy) is 1. The first kappa shape index (κ1) is 12.1. The van der Waals surface area contributed by atoms with E-state index in [1.54, 1.807) is 0 Å². The van der Waals surface area contributed by atoms with Crippen LogP contribution in [0.3, 0.4) is 0 Å². The van der Waals surface area contributed by atoms with Gasteiger partial charge in [0.25, 0.3) is 0 Å². The number of carbonyl (C=O) groups is 1.